The fourth-order valence-electron chi connectivity index (χ4n) is 5.48. The minimum Gasteiger partial charge on any atom is -0.389 e. The summed E-state index contributed by atoms with van der Waals surface area (Å²) >= 11 is 2.62. The summed E-state index contributed by atoms with van der Waals surface area (Å²) in [5, 5.41) is 25.5. The van der Waals surface area contributed by atoms with Gasteiger partial charge in [0.25, 0.3) is 0 Å². The second kappa shape index (κ2) is 11.6. The molecular formula is C28H30F3N9O2S2. The van der Waals surface area contributed by atoms with Crippen molar-refractivity contribution < 1.29 is 23.1 Å². The van der Waals surface area contributed by atoms with Gasteiger partial charge in [-0.05, 0) is 32.0 Å². The summed E-state index contributed by atoms with van der Waals surface area (Å²) in [5.74, 6) is 0.726. The van der Waals surface area contributed by atoms with Gasteiger partial charge in [0.1, 0.15) is 16.6 Å². The van der Waals surface area contributed by atoms with E-state index in [4.69, 9.17) is 10.1 Å². The van der Waals surface area contributed by atoms with E-state index in [0.29, 0.717) is 64.6 Å². The summed E-state index contributed by atoms with van der Waals surface area (Å²) in [6.45, 7) is 4.58. The maximum Gasteiger partial charge on any atom is 0.416 e. The number of β-amino-alcohol motifs (C(OH)–C–C–N with tert-alkyl or cyclic N) is 1. The average molecular weight is 646 g/mol. The molecule has 1 unspecified atom stereocenters. The summed E-state index contributed by atoms with van der Waals surface area (Å²) < 4.78 is 41.0. The molecule has 11 nitrogen and oxygen atoms in total. The van der Waals surface area contributed by atoms with Crippen LogP contribution in [-0.2, 0) is 17.4 Å². The lowest BCUT2D eigenvalue weighted by atomic mass is 10.1. The molecule has 0 bridgehead atoms. The number of carbonyl (C=O) groups excluding carboxylic acids is 1. The Labute approximate surface area is 259 Å². The molecule has 1 N–H and O–H groups in total. The van der Waals surface area contributed by atoms with Crippen LogP contribution in [0.25, 0.3) is 16.2 Å². The molecule has 4 aromatic rings. The number of alkyl halides is 3. The van der Waals surface area contributed by atoms with Crippen LogP contribution in [0, 0.1) is 11.3 Å². The first-order chi connectivity index (χ1) is 21.0. The number of nitrogens with zero attached hydrogens (tertiary/aromatic N) is 9. The smallest absolute Gasteiger partial charge is 0.389 e. The largest absolute Gasteiger partial charge is 0.416 e. The zero-order valence-electron chi connectivity index (χ0n) is 24.2. The zero-order chi connectivity index (χ0) is 31.3. The third kappa shape index (κ3) is 5.60. The number of imidazole rings is 1. The Morgan fingerprint density at radius 2 is 1.89 bits per heavy atom. The molecule has 0 saturated carbocycles. The molecule has 1 amide bonds. The van der Waals surface area contributed by atoms with Crippen LogP contribution in [0.5, 0.6) is 0 Å². The number of likely N-dealkylation sites (tertiary alicyclic amines) is 1. The van der Waals surface area contributed by atoms with Crippen molar-refractivity contribution in [3.05, 3.63) is 40.4 Å². The average Bonchev–Trinajstić information content (AvgIpc) is 3.76. The number of carbonyl (C=O) groups is 1. The Bertz CT molecular complexity index is 1720. The van der Waals surface area contributed by atoms with Crippen LogP contribution >= 0.6 is 22.7 Å². The monoisotopic (exact) mass is 645 g/mol. The van der Waals surface area contributed by atoms with E-state index in [1.54, 1.807) is 9.42 Å². The molecular weight excluding hydrogens is 615 g/mol. The van der Waals surface area contributed by atoms with Crippen molar-refractivity contribution in [3.8, 4) is 17.3 Å². The molecule has 232 valence electrons. The van der Waals surface area contributed by atoms with Crippen molar-refractivity contribution in [1.29, 1.82) is 5.26 Å². The van der Waals surface area contributed by atoms with Crippen molar-refractivity contribution in [3.63, 3.8) is 0 Å². The minimum absolute atomic E-state index is 0.0203. The molecule has 0 radical (unpaired) electrons. The normalized spacial score (nSPS) is 17.5. The standard InChI is InChI=1S/C28H30F3N9O2S2/c1-4-20-24(37(3)25-34-23(21(11-32)43-25)16-5-7-17(8-6-16)28(29,30)31)40-26(33-20)44-27(35-40)38-10-9-18(12-38)36(2)15-22(42)39-13-19(41)14-39/h5-8,18-19,41H,4,9-10,12-15H2,1-3H3. The molecule has 6 rings (SSSR count). The highest BCUT2D eigenvalue weighted by atomic mass is 32.1. The number of anilines is 3. The Kier molecular flexibility index (Phi) is 7.99. The van der Waals surface area contributed by atoms with E-state index in [-0.39, 0.29) is 11.9 Å². The number of aryl methyl sites for hydroxylation is 1. The summed E-state index contributed by atoms with van der Waals surface area (Å²) in [5.41, 5.74) is 0.782. The SMILES string of the molecule is CCc1nc2sc(N3CCC(N(C)CC(=O)N4CC(O)C4)C3)nn2c1N(C)c1nc(-c2ccc(C(F)(F)F)cc2)c(C#N)s1. The maximum atomic E-state index is 13.1. The zero-order valence-corrected chi connectivity index (χ0v) is 25.9. The number of fused-ring (bicyclic) bond motifs is 1. The fourth-order valence-corrected chi connectivity index (χ4v) is 7.28. The van der Waals surface area contributed by atoms with Crippen molar-refractivity contribution in [2.24, 2.45) is 0 Å². The highest BCUT2D eigenvalue weighted by molar-refractivity contribution is 7.20. The van der Waals surface area contributed by atoms with Crippen molar-refractivity contribution >= 4 is 49.6 Å². The molecule has 5 heterocycles. The third-order valence-electron chi connectivity index (χ3n) is 8.04. The van der Waals surface area contributed by atoms with Gasteiger partial charge in [-0.15, -0.1) is 5.10 Å². The van der Waals surface area contributed by atoms with E-state index in [1.807, 2.05) is 25.9 Å². The first-order valence-electron chi connectivity index (χ1n) is 14.1. The number of aromatic nitrogens is 4. The van der Waals surface area contributed by atoms with E-state index < -0.39 is 17.8 Å². The molecule has 2 saturated heterocycles. The lowest BCUT2D eigenvalue weighted by Crippen LogP contribution is -2.56. The van der Waals surface area contributed by atoms with Gasteiger partial charge in [0.2, 0.25) is 16.0 Å². The van der Waals surface area contributed by atoms with E-state index in [2.05, 4.69) is 20.9 Å². The van der Waals surface area contributed by atoms with Crippen LogP contribution in [0.2, 0.25) is 0 Å². The summed E-state index contributed by atoms with van der Waals surface area (Å²) in [6.07, 6.45) is -3.36. The summed E-state index contributed by atoms with van der Waals surface area (Å²) in [7, 11) is 3.76. The summed E-state index contributed by atoms with van der Waals surface area (Å²) in [4.78, 5) is 30.7. The van der Waals surface area contributed by atoms with Crippen LogP contribution in [0.1, 0.15) is 29.5 Å². The number of rotatable bonds is 8. The Morgan fingerprint density at radius 1 is 1.16 bits per heavy atom. The van der Waals surface area contributed by atoms with E-state index >= 15 is 0 Å². The molecule has 2 aliphatic heterocycles. The van der Waals surface area contributed by atoms with Crippen LogP contribution < -0.4 is 9.80 Å². The first kappa shape index (κ1) is 30.3. The Morgan fingerprint density at radius 3 is 2.52 bits per heavy atom. The lowest BCUT2D eigenvalue weighted by Gasteiger charge is -2.37. The second-order valence-corrected chi connectivity index (χ2v) is 12.9. The number of aliphatic hydroxyl groups excluding tert-OH is 1. The number of hydrogen-bond donors (Lipinski definition) is 1. The molecule has 16 heteroatoms. The molecule has 2 fully saturated rings. The van der Waals surface area contributed by atoms with Gasteiger partial charge in [0.05, 0.1) is 23.9 Å². The summed E-state index contributed by atoms with van der Waals surface area (Å²) in [6, 6.07) is 6.94. The predicted octanol–water partition coefficient (Wildman–Crippen LogP) is 3.85. The first-order valence-corrected chi connectivity index (χ1v) is 15.7. The van der Waals surface area contributed by atoms with E-state index in [0.717, 1.165) is 47.3 Å². The number of thiazole rings is 1. The lowest BCUT2D eigenvalue weighted by molar-refractivity contribution is -0.142. The molecule has 0 aliphatic carbocycles. The van der Waals surface area contributed by atoms with Crippen molar-refractivity contribution in [2.75, 3.05) is 56.6 Å². The van der Waals surface area contributed by atoms with Crippen LogP contribution in [0.15, 0.2) is 24.3 Å². The number of amides is 1. The highest BCUT2D eigenvalue weighted by Gasteiger charge is 2.34. The van der Waals surface area contributed by atoms with Gasteiger partial charge in [0.15, 0.2) is 10.9 Å². The molecule has 1 atom stereocenters. The third-order valence-corrected chi connectivity index (χ3v) is 10.0. The van der Waals surface area contributed by atoms with Gasteiger partial charge in [-0.1, -0.05) is 41.7 Å². The number of aliphatic hydroxyl groups is 1. The Hall–Kier alpha value is -3.78. The fraction of sp³-hybridized carbons (Fsp3) is 0.464. The van der Waals surface area contributed by atoms with E-state index in [1.165, 1.54) is 23.5 Å². The van der Waals surface area contributed by atoms with Gasteiger partial charge in [-0.3, -0.25) is 9.69 Å². The number of hydrogen-bond acceptors (Lipinski definition) is 11. The molecule has 2 aliphatic rings. The molecule has 0 spiro atoms. The van der Waals surface area contributed by atoms with Crippen LogP contribution in [0.4, 0.5) is 29.3 Å². The van der Waals surface area contributed by atoms with Gasteiger partial charge in [-0.25, -0.2) is 9.97 Å². The van der Waals surface area contributed by atoms with Crippen LogP contribution in [0.3, 0.4) is 0 Å². The minimum atomic E-state index is -4.45. The van der Waals surface area contributed by atoms with Gasteiger partial charge < -0.3 is 19.8 Å². The van der Waals surface area contributed by atoms with Gasteiger partial charge in [-0.2, -0.15) is 22.9 Å². The number of benzene rings is 1. The van der Waals surface area contributed by atoms with Crippen molar-refractivity contribution in [1.82, 2.24) is 29.4 Å². The van der Waals surface area contributed by atoms with Gasteiger partial charge in [0, 0.05) is 44.8 Å². The van der Waals surface area contributed by atoms with Crippen molar-refractivity contribution in [2.45, 2.75) is 38.1 Å². The number of nitriles is 1. The molecule has 44 heavy (non-hydrogen) atoms. The maximum absolute atomic E-state index is 13.1. The predicted molar refractivity (Wildman–Crippen MR) is 161 cm³/mol. The quantitative estimate of drug-likeness (QED) is 0.305. The van der Waals surface area contributed by atoms with Gasteiger partial charge >= 0.3 is 6.18 Å². The number of likely N-dealkylation sites (N-methyl/N-ethyl adjacent to an activating group) is 1. The van der Waals surface area contributed by atoms with Crippen LogP contribution in [-0.4, -0.2) is 99.4 Å². The topological polar surface area (TPSA) is 117 Å². The molecule has 1 aromatic carbocycles. The number of halogens is 3. The molecule has 3 aromatic heterocycles. The highest BCUT2D eigenvalue weighted by Crippen LogP contribution is 2.39. The second-order valence-electron chi connectivity index (χ2n) is 11.0. The Balaban J connectivity index is 1.22. The van der Waals surface area contributed by atoms with E-state index in [9.17, 15) is 28.3 Å².